The van der Waals surface area contributed by atoms with Gasteiger partial charge in [-0.2, -0.15) is 0 Å². The van der Waals surface area contributed by atoms with Crippen LogP contribution in [-0.4, -0.2) is 19.3 Å². The highest BCUT2D eigenvalue weighted by Gasteiger charge is 2.27. The summed E-state index contributed by atoms with van der Waals surface area (Å²) in [5.74, 6) is 0. The summed E-state index contributed by atoms with van der Waals surface area (Å²) in [6, 6.07) is 0. The first kappa shape index (κ1) is 19.1. The molecule has 0 aromatic carbocycles. The fraction of sp³-hybridized carbons (Fsp3) is 1.00. The van der Waals surface area contributed by atoms with E-state index in [1.807, 2.05) is 6.92 Å². The molecule has 5 heteroatoms. The topological polar surface area (TPSA) is 44.8 Å². The fourth-order valence-electron chi connectivity index (χ4n) is 1.90. The molecule has 0 saturated carbocycles. The van der Waals surface area contributed by atoms with Gasteiger partial charge in [-0.3, -0.25) is 13.6 Å². The molecule has 19 heavy (non-hydrogen) atoms. The smallest absolute Gasteiger partial charge is 0.287 e. The van der Waals surface area contributed by atoms with Gasteiger partial charge in [-0.25, -0.2) is 4.57 Å². The molecule has 1 unspecified atom stereocenters. The third kappa shape index (κ3) is 10.5. The van der Waals surface area contributed by atoms with Crippen molar-refractivity contribution in [1.82, 2.24) is 0 Å². The second kappa shape index (κ2) is 11.9. The van der Waals surface area contributed by atoms with Gasteiger partial charge >= 0.3 is 7.82 Å². The van der Waals surface area contributed by atoms with Crippen LogP contribution in [0, 0.1) is 0 Å². The number of hydrogen-bond acceptors (Lipinski definition) is 4. The van der Waals surface area contributed by atoms with Gasteiger partial charge in [0.2, 0.25) is 0 Å². The van der Waals surface area contributed by atoms with E-state index < -0.39 is 7.82 Å². The van der Waals surface area contributed by atoms with Gasteiger partial charge in [0.05, 0.1) is 19.3 Å². The van der Waals surface area contributed by atoms with E-state index in [1.165, 1.54) is 32.1 Å². The Labute approximate surface area is 118 Å². The van der Waals surface area contributed by atoms with Gasteiger partial charge in [0.25, 0.3) is 0 Å². The molecule has 0 saturated heterocycles. The molecule has 0 heterocycles. The maximum atomic E-state index is 12.1. The average Bonchev–Trinajstić information content (AvgIpc) is 2.33. The van der Waals surface area contributed by atoms with Gasteiger partial charge in [-0.05, 0) is 27.2 Å². The predicted molar refractivity (Wildman–Crippen MR) is 79.4 cm³/mol. The first-order chi connectivity index (χ1) is 9.08. The summed E-state index contributed by atoms with van der Waals surface area (Å²) in [6.07, 6.45) is 8.29. The third-order valence-electron chi connectivity index (χ3n) is 2.85. The van der Waals surface area contributed by atoms with Gasteiger partial charge in [-0.15, -0.1) is 0 Å². The molecule has 0 radical (unpaired) electrons. The molecule has 0 aliphatic heterocycles. The van der Waals surface area contributed by atoms with E-state index in [1.54, 1.807) is 13.8 Å². The molecule has 4 nitrogen and oxygen atoms in total. The highest BCUT2D eigenvalue weighted by molar-refractivity contribution is 7.48. The molecule has 0 fully saturated rings. The van der Waals surface area contributed by atoms with Crippen molar-refractivity contribution in [2.45, 2.75) is 78.7 Å². The number of rotatable bonds is 13. The first-order valence-electron chi connectivity index (χ1n) is 7.65. The zero-order valence-corrected chi connectivity index (χ0v) is 13.9. The summed E-state index contributed by atoms with van der Waals surface area (Å²) >= 11 is 0. The van der Waals surface area contributed by atoms with Crippen LogP contribution in [0.25, 0.3) is 0 Å². The lowest BCUT2D eigenvalue weighted by Crippen LogP contribution is -2.10. The molecule has 0 rings (SSSR count). The van der Waals surface area contributed by atoms with Gasteiger partial charge in [-0.1, -0.05) is 45.4 Å². The predicted octanol–water partition coefficient (Wildman–Crippen LogP) is 5.32. The lowest BCUT2D eigenvalue weighted by atomic mass is 10.1. The van der Waals surface area contributed by atoms with Crippen LogP contribution in [0.4, 0.5) is 0 Å². The van der Waals surface area contributed by atoms with Gasteiger partial charge in [0.1, 0.15) is 0 Å². The Hall–Kier alpha value is 0.110. The van der Waals surface area contributed by atoms with E-state index >= 15 is 0 Å². The van der Waals surface area contributed by atoms with Crippen molar-refractivity contribution < 1.29 is 18.1 Å². The van der Waals surface area contributed by atoms with Crippen LogP contribution in [0.1, 0.15) is 72.6 Å². The molecule has 0 aromatic rings. The van der Waals surface area contributed by atoms with Crippen molar-refractivity contribution in [3.8, 4) is 0 Å². The van der Waals surface area contributed by atoms with Crippen LogP contribution >= 0.6 is 7.82 Å². The van der Waals surface area contributed by atoms with Crippen molar-refractivity contribution in [2.75, 3.05) is 13.2 Å². The SMILES string of the molecule is CCCCCCCCC(C)OP(=O)(OCC)OCC. The van der Waals surface area contributed by atoms with Crippen LogP contribution in [0.15, 0.2) is 0 Å². The third-order valence-corrected chi connectivity index (χ3v) is 4.61. The summed E-state index contributed by atoms with van der Waals surface area (Å²) in [5.41, 5.74) is 0. The Morgan fingerprint density at radius 1 is 0.895 bits per heavy atom. The van der Waals surface area contributed by atoms with Crippen LogP contribution in [-0.2, 0) is 18.1 Å². The lowest BCUT2D eigenvalue weighted by molar-refractivity contribution is 0.0862. The number of phosphoric acid groups is 1. The van der Waals surface area contributed by atoms with Crippen molar-refractivity contribution >= 4 is 7.82 Å². The Bertz CT molecular complexity index is 236. The standard InChI is InChI=1S/C14H31O4P/c1-5-8-9-10-11-12-13-14(4)18-19(15,16-6-2)17-7-3/h14H,5-13H2,1-4H3. The normalized spacial score (nSPS) is 13.7. The Balaban J connectivity index is 3.80. The summed E-state index contributed by atoms with van der Waals surface area (Å²) < 4.78 is 27.8. The van der Waals surface area contributed by atoms with Gasteiger partial charge in [0.15, 0.2) is 0 Å². The largest absolute Gasteiger partial charge is 0.475 e. The van der Waals surface area contributed by atoms with Crippen molar-refractivity contribution in [3.05, 3.63) is 0 Å². The number of phosphoric ester groups is 1. The average molecular weight is 294 g/mol. The number of hydrogen-bond donors (Lipinski definition) is 0. The molecular formula is C14H31O4P. The summed E-state index contributed by atoms with van der Waals surface area (Å²) in [4.78, 5) is 0. The Kier molecular flexibility index (Phi) is 12.0. The van der Waals surface area contributed by atoms with Crippen LogP contribution in [0.5, 0.6) is 0 Å². The van der Waals surface area contributed by atoms with E-state index in [-0.39, 0.29) is 6.10 Å². The molecular weight excluding hydrogens is 263 g/mol. The van der Waals surface area contributed by atoms with Crippen LogP contribution in [0.2, 0.25) is 0 Å². The molecule has 0 N–H and O–H groups in total. The van der Waals surface area contributed by atoms with Crippen molar-refractivity contribution in [3.63, 3.8) is 0 Å². The highest BCUT2D eigenvalue weighted by atomic mass is 31.2. The Morgan fingerprint density at radius 2 is 1.42 bits per heavy atom. The maximum Gasteiger partial charge on any atom is 0.475 e. The minimum atomic E-state index is -3.34. The van der Waals surface area contributed by atoms with E-state index in [9.17, 15) is 4.57 Å². The van der Waals surface area contributed by atoms with Crippen LogP contribution < -0.4 is 0 Å². The Morgan fingerprint density at radius 3 is 1.95 bits per heavy atom. The highest BCUT2D eigenvalue weighted by Crippen LogP contribution is 2.50. The maximum absolute atomic E-state index is 12.1. The second-order valence-corrected chi connectivity index (χ2v) is 6.38. The van der Waals surface area contributed by atoms with Crippen molar-refractivity contribution in [1.29, 1.82) is 0 Å². The van der Waals surface area contributed by atoms with E-state index in [0.29, 0.717) is 13.2 Å². The molecule has 0 aliphatic rings. The molecule has 0 spiro atoms. The second-order valence-electron chi connectivity index (χ2n) is 4.76. The van der Waals surface area contributed by atoms with Gasteiger partial charge in [0, 0.05) is 0 Å². The number of unbranched alkanes of at least 4 members (excludes halogenated alkanes) is 5. The van der Waals surface area contributed by atoms with E-state index in [0.717, 1.165) is 12.8 Å². The summed E-state index contributed by atoms with van der Waals surface area (Å²) in [7, 11) is -3.34. The molecule has 116 valence electrons. The fourth-order valence-corrected chi connectivity index (χ4v) is 3.27. The quantitative estimate of drug-likeness (QED) is 0.340. The van der Waals surface area contributed by atoms with Crippen molar-refractivity contribution in [2.24, 2.45) is 0 Å². The monoisotopic (exact) mass is 294 g/mol. The first-order valence-corrected chi connectivity index (χ1v) is 9.11. The molecule has 0 aliphatic carbocycles. The summed E-state index contributed by atoms with van der Waals surface area (Å²) in [6.45, 7) is 8.38. The molecule has 0 amide bonds. The van der Waals surface area contributed by atoms with Gasteiger partial charge < -0.3 is 0 Å². The van der Waals surface area contributed by atoms with E-state index in [2.05, 4.69) is 6.92 Å². The molecule has 0 aromatic heterocycles. The molecule has 1 atom stereocenters. The molecule has 0 bridgehead atoms. The minimum Gasteiger partial charge on any atom is -0.287 e. The zero-order valence-electron chi connectivity index (χ0n) is 13.0. The van der Waals surface area contributed by atoms with Crippen LogP contribution in [0.3, 0.4) is 0 Å². The summed E-state index contributed by atoms with van der Waals surface area (Å²) in [5, 5.41) is 0. The lowest BCUT2D eigenvalue weighted by Gasteiger charge is -2.20. The van der Waals surface area contributed by atoms with E-state index in [4.69, 9.17) is 13.6 Å². The zero-order chi connectivity index (χ0) is 14.6. The minimum absolute atomic E-state index is 0.0879.